The van der Waals surface area contributed by atoms with Gasteiger partial charge in [0.25, 0.3) is 17.3 Å². The fraction of sp³-hybridized carbons (Fsp3) is 0.364. The molecule has 0 atom stereocenters. The maximum atomic E-state index is 11.7. The van der Waals surface area contributed by atoms with Crippen LogP contribution in [0, 0.1) is 26.1 Å². The van der Waals surface area contributed by atoms with Crippen LogP contribution in [0.25, 0.3) is 0 Å². The normalized spacial score (nSPS) is 10.3. The van der Waals surface area contributed by atoms with E-state index in [4.69, 9.17) is 0 Å². The first-order valence-electron chi connectivity index (χ1n) is 5.53. The number of nitro benzene ring substituents is 2. The van der Waals surface area contributed by atoms with Gasteiger partial charge >= 0.3 is 0 Å². The Morgan fingerprint density at radius 1 is 1.16 bits per heavy atom. The van der Waals surface area contributed by atoms with Crippen molar-refractivity contribution in [1.29, 1.82) is 0 Å². The van der Waals surface area contributed by atoms with Gasteiger partial charge in [0.1, 0.15) is 0 Å². The van der Waals surface area contributed by atoms with Gasteiger partial charge in [-0.2, -0.15) is 0 Å². The van der Waals surface area contributed by atoms with Crippen LogP contribution in [0.2, 0.25) is 0 Å². The molecule has 0 heterocycles. The first kappa shape index (κ1) is 14.6. The monoisotopic (exact) mass is 267 g/mol. The molecule has 1 N–H and O–H groups in total. The zero-order chi connectivity index (χ0) is 14.6. The van der Waals surface area contributed by atoms with E-state index in [-0.39, 0.29) is 11.5 Å². The van der Waals surface area contributed by atoms with Crippen molar-refractivity contribution in [2.24, 2.45) is 5.92 Å². The number of hydrogen-bond acceptors (Lipinski definition) is 5. The van der Waals surface area contributed by atoms with Crippen LogP contribution < -0.4 is 5.32 Å². The van der Waals surface area contributed by atoms with Crippen molar-refractivity contribution in [3.8, 4) is 0 Å². The molecule has 19 heavy (non-hydrogen) atoms. The van der Waals surface area contributed by atoms with Gasteiger partial charge in [0.05, 0.1) is 21.5 Å². The highest BCUT2D eigenvalue weighted by Crippen LogP contribution is 2.22. The van der Waals surface area contributed by atoms with E-state index in [9.17, 15) is 25.0 Å². The second kappa shape index (κ2) is 5.89. The van der Waals surface area contributed by atoms with E-state index in [1.54, 1.807) is 0 Å². The molecule has 0 unspecified atom stereocenters. The molecule has 0 aromatic heterocycles. The molecule has 1 rings (SSSR count). The van der Waals surface area contributed by atoms with E-state index in [1.165, 1.54) is 0 Å². The molecule has 1 aromatic carbocycles. The second-order valence-corrected chi connectivity index (χ2v) is 4.36. The Morgan fingerprint density at radius 2 is 1.63 bits per heavy atom. The van der Waals surface area contributed by atoms with Crippen LogP contribution in [-0.4, -0.2) is 22.3 Å². The zero-order valence-electron chi connectivity index (χ0n) is 10.5. The minimum absolute atomic E-state index is 0.0958. The Hall–Kier alpha value is -2.51. The van der Waals surface area contributed by atoms with Crippen LogP contribution in [0.5, 0.6) is 0 Å². The van der Waals surface area contributed by atoms with Crippen molar-refractivity contribution in [3.05, 3.63) is 44.0 Å². The summed E-state index contributed by atoms with van der Waals surface area (Å²) in [7, 11) is 0. The molecule has 0 fully saturated rings. The summed E-state index contributed by atoms with van der Waals surface area (Å²) in [5.74, 6) is -0.363. The molecule has 102 valence electrons. The highest BCUT2D eigenvalue weighted by atomic mass is 16.6. The SMILES string of the molecule is CC(C)CNC(=O)c1cc([N+](=O)[O-])cc([N+](=O)[O-])c1. The molecule has 8 heteroatoms. The highest BCUT2D eigenvalue weighted by molar-refractivity contribution is 5.95. The smallest absolute Gasteiger partial charge is 0.277 e. The lowest BCUT2D eigenvalue weighted by Crippen LogP contribution is -2.27. The first-order chi connectivity index (χ1) is 8.81. The molecule has 0 radical (unpaired) electrons. The van der Waals surface area contributed by atoms with Crippen molar-refractivity contribution in [2.45, 2.75) is 13.8 Å². The minimum Gasteiger partial charge on any atom is -0.352 e. The van der Waals surface area contributed by atoms with E-state index in [0.717, 1.165) is 18.2 Å². The molecule has 0 spiro atoms. The summed E-state index contributed by atoms with van der Waals surface area (Å²) < 4.78 is 0. The maximum Gasteiger partial charge on any atom is 0.277 e. The molecule has 0 aliphatic heterocycles. The first-order valence-corrected chi connectivity index (χ1v) is 5.53. The van der Waals surface area contributed by atoms with Gasteiger partial charge in [-0.05, 0) is 5.92 Å². The van der Waals surface area contributed by atoms with Gasteiger partial charge in [-0.15, -0.1) is 0 Å². The molecule has 0 saturated heterocycles. The summed E-state index contributed by atoms with van der Waals surface area (Å²) in [6.07, 6.45) is 0. The molecule has 0 bridgehead atoms. The number of carbonyl (C=O) groups excluding carboxylic acids is 1. The number of rotatable bonds is 5. The Morgan fingerprint density at radius 3 is 2.00 bits per heavy atom. The Kier molecular flexibility index (Phi) is 4.51. The third-order valence-electron chi connectivity index (χ3n) is 2.26. The van der Waals surface area contributed by atoms with E-state index in [2.05, 4.69) is 5.32 Å². The van der Waals surface area contributed by atoms with Crippen LogP contribution in [0.15, 0.2) is 18.2 Å². The van der Waals surface area contributed by atoms with Gasteiger partial charge in [0.15, 0.2) is 0 Å². The third-order valence-corrected chi connectivity index (χ3v) is 2.26. The van der Waals surface area contributed by atoms with Crippen molar-refractivity contribution in [2.75, 3.05) is 6.54 Å². The molecule has 0 aliphatic rings. The molecule has 8 nitrogen and oxygen atoms in total. The van der Waals surface area contributed by atoms with Gasteiger partial charge < -0.3 is 5.32 Å². The van der Waals surface area contributed by atoms with E-state index < -0.39 is 27.1 Å². The van der Waals surface area contributed by atoms with Gasteiger partial charge in [0, 0.05) is 18.7 Å². The number of carbonyl (C=O) groups is 1. The average molecular weight is 267 g/mol. The lowest BCUT2D eigenvalue weighted by molar-refractivity contribution is -0.394. The largest absolute Gasteiger partial charge is 0.352 e. The van der Waals surface area contributed by atoms with Crippen LogP contribution in [0.3, 0.4) is 0 Å². The summed E-state index contributed by atoms with van der Waals surface area (Å²) in [5.41, 5.74) is -1.06. The van der Waals surface area contributed by atoms with Gasteiger partial charge in [-0.1, -0.05) is 13.8 Å². The lowest BCUT2D eigenvalue weighted by atomic mass is 10.1. The molecular weight excluding hydrogens is 254 g/mol. The highest BCUT2D eigenvalue weighted by Gasteiger charge is 2.19. The van der Waals surface area contributed by atoms with Crippen LogP contribution in [-0.2, 0) is 0 Å². The predicted octanol–water partition coefficient (Wildman–Crippen LogP) is 1.89. The van der Waals surface area contributed by atoms with E-state index in [1.807, 2.05) is 13.8 Å². The second-order valence-electron chi connectivity index (χ2n) is 4.36. The number of amides is 1. The number of nitrogens with one attached hydrogen (secondary N) is 1. The van der Waals surface area contributed by atoms with Crippen LogP contribution in [0.4, 0.5) is 11.4 Å². The molecule has 0 saturated carbocycles. The average Bonchev–Trinajstić information content (AvgIpc) is 2.35. The summed E-state index contributed by atoms with van der Waals surface area (Å²) in [6, 6.07) is 2.85. The van der Waals surface area contributed by atoms with Crippen molar-refractivity contribution in [3.63, 3.8) is 0 Å². The van der Waals surface area contributed by atoms with Crippen molar-refractivity contribution in [1.82, 2.24) is 5.32 Å². The Bertz CT molecular complexity index is 495. The zero-order valence-corrected chi connectivity index (χ0v) is 10.5. The fourth-order valence-corrected chi connectivity index (χ4v) is 1.34. The molecule has 1 amide bonds. The standard InChI is InChI=1S/C11H13N3O5/c1-7(2)6-12-11(15)8-3-9(13(16)17)5-10(4-8)14(18)19/h3-5,7H,6H2,1-2H3,(H,12,15). The minimum atomic E-state index is -0.772. The predicted molar refractivity (Wildman–Crippen MR) is 66.9 cm³/mol. The summed E-state index contributed by atoms with van der Waals surface area (Å²) in [4.78, 5) is 31.5. The molecule has 0 aliphatic carbocycles. The van der Waals surface area contributed by atoms with Gasteiger partial charge in [0.2, 0.25) is 0 Å². The summed E-state index contributed by atoms with van der Waals surface area (Å²) in [6.45, 7) is 4.15. The number of nitro groups is 2. The number of non-ortho nitro benzene ring substituents is 2. The van der Waals surface area contributed by atoms with Gasteiger partial charge in [-0.25, -0.2) is 0 Å². The topological polar surface area (TPSA) is 115 Å². The molecule has 1 aromatic rings. The van der Waals surface area contributed by atoms with Gasteiger partial charge in [-0.3, -0.25) is 25.0 Å². The summed E-state index contributed by atoms with van der Waals surface area (Å²) in [5, 5.41) is 23.9. The van der Waals surface area contributed by atoms with E-state index in [0.29, 0.717) is 6.54 Å². The Balaban J connectivity index is 3.09. The maximum absolute atomic E-state index is 11.7. The van der Waals surface area contributed by atoms with Crippen LogP contribution >= 0.6 is 0 Å². The van der Waals surface area contributed by atoms with Crippen molar-refractivity contribution < 1.29 is 14.6 Å². The quantitative estimate of drug-likeness (QED) is 0.646. The third kappa shape index (κ3) is 4.02. The number of hydrogen-bond donors (Lipinski definition) is 1. The number of benzene rings is 1. The van der Waals surface area contributed by atoms with Crippen LogP contribution in [0.1, 0.15) is 24.2 Å². The fourth-order valence-electron chi connectivity index (χ4n) is 1.34. The Labute approximate surface area is 108 Å². The van der Waals surface area contributed by atoms with Crippen molar-refractivity contribution >= 4 is 17.3 Å². The summed E-state index contributed by atoms with van der Waals surface area (Å²) >= 11 is 0. The lowest BCUT2D eigenvalue weighted by Gasteiger charge is -2.07. The number of nitrogens with zero attached hydrogens (tertiary/aromatic N) is 2. The molecular formula is C11H13N3O5. The van der Waals surface area contributed by atoms with E-state index >= 15 is 0 Å².